The second-order valence-electron chi connectivity index (χ2n) is 12.0. The number of hydrogen-bond donors (Lipinski definition) is 1. The Hall–Kier alpha value is -3.55. The smallest absolute Gasteiger partial charge is 0.410 e. The summed E-state index contributed by atoms with van der Waals surface area (Å²) in [7, 11) is 0. The molecule has 2 fully saturated rings. The molecule has 0 aromatic heterocycles. The van der Waals surface area contributed by atoms with E-state index < -0.39 is 17.7 Å². The number of benzene rings is 2. The molecule has 0 bridgehead atoms. The number of ether oxygens (including phenoxy) is 2. The fourth-order valence-electron chi connectivity index (χ4n) is 5.54. The van der Waals surface area contributed by atoms with Crippen molar-refractivity contribution < 1.29 is 23.9 Å². The molecule has 8 nitrogen and oxygen atoms in total. The Balaban J connectivity index is 1.26. The van der Waals surface area contributed by atoms with Gasteiger partial charge in [-0.05, 0) is 75.8 Å². The van der Waals surface area contributed by atoms with Crippen molar-refractivity contribution >= 4 is 18.1 Å². The second-order valence-corrected chi connectivity index (χ2v) is 12.0. The van der Waals surface area contributed by atoms with Gasteiger partial charge in [-0.3, -0.25) is 4.79 Å². The van der Waals surface area contributed by atoms with Crippen LogP contribution in [-0.2, 0) is 20.9 Å². The summed E-state index contributed by atoms with van der Waals surface area (Å²) in [6.07, 6.45) is 4.15. The second kappa shape index (κ2) is 13.7. The molecule has 2 saturated heterocycles. The Morgan fingerprint density at radius 2 is 1.35 bits per heavy atom. The quantitative estimate of drug-likeness (QED) is 0.463. The van der Waals surface area contributed by atoms with Crippen LogP contribution >= 0.6 is 0 Å². The van der Waals surface area contributed by atoms with Crippen LogP contribution in [0.3, 0.4) is 0 Å². The third-order valence-electron chi connectivity index (χ3n) is 7.71. The molecule has 2 heterocycles. The number of nitrogens with one attached hydrogen (secondary N) is 1. The molecule has 2 aromatic rings. The monoisotopic (exact) mass is 549 g/mol. The minimum Gasteiger partial charge on any atom is -0.445 e. The lowest BCUT2D eigenvalue weighted by Gasteiger charge is -2.38. The van der Waals surface area contributed by atoms with Crippen LogP contribution < -0.4 is 5.32 Å². The van der Waals surface area contributed by atoms with Crippen LogP contribution in [0.15, 0.2) is 60.7 Å². The van der Waals surface area contributed by atoms with E-state index in [1.54, 1.807) is 0 Å². The molecule has 1 atom stereocenters. The van der Waals surface area contributed by atoms with Crippen LogP contribution in [0, 0.1) is 11.8 Å². The van der Waals surface area contributed by atoms with Gasteiger partial charge >= 0.3 is 12.2 Å². The standard InChI is InChI=1S/C32H43N3O5/c1-32(2,3)40-31(38)35-20-16-25(17-21-35)22-24-14-18-34(19-15-24)29(36)28(27-12-8-5-9-13-27)33-30(37)39-23-26-10-6-4-7-11-26/h4-13,24-25,28H,14-23H2,1-3H3,(H,33,37)/t28-/m1/s1. The first-order valence-corrected chi connectivity index (χ1v) is 14.5. The Morgan fingerprint density at radius 1 is 0.825 bits per heavy atom. The fraction of sp³-hybridized carbons (Fsp3) is 0.531. The van der Waals surface area contributed by atoms with Gasteiger partial charge in [-0.2, -0.15) is 0 Å². The maximum Gasteiger partial charge on any atom is 0.410 e. The van der Waals surface area contributed by atoms with E-state index in [-0.39, 0.29) is 18.6 Å². The molecule has 0 spiro atoms. The van der Waals surface area contributed by atoms with Gasteiger partial charge in [0.15, 0.2) is 0 Å². The summed E-state index contributed by atoms with van der Waals surface area (Å²) in [5.74, 6) is 1.04. The predicted molar refractivity (Wildman–Crippen MR) is 153 cm³/mol. The van der Waals surface area contributed by atoms with Gasteiger partial charge < -0.3 is 24.6 Å². The van der Waals surface area contributed by atoms with E-state index in [4.69, 9.17) is 9.47 Å². The van der Waals surface area contributed by atoms with Crippen molar-refractivity contribution in [3.05, 3.63) is 71.8 Å². The van der Waals surface area contributed by atoms with Crippen LogP contribution in [0.1, 0.15) is 70.0 Å². The normalized spacial score (nSPS) is 17.7. The molecular weight excluding hydrogens is 506 g/mol. The summed E-state index contributed by atoms with van der Waals surface area (Å²) in [5.41, 5.74) is 1.15. The average molecular weight is 550 g/mol. The lowest BCUT2D eigenvalue weighted by molar-refractivity contribution is -0.135. The highest BCUT2D eigenvalue weighted by atomic mass is 16.6. The van der Waals surface area contributed by atoms with Gasteiger partial charge in [0.1, 0.15) is 18.2 Å². The molecule has 1 N–H and O–H groups in total. The molecular formula is C32H43N3O5. The number of piperidine rings is 2. The number of hydrogen-bond acceptors (Lipinski definition) is 5. The number of alkyl carbamates (subject to hydrolysis) is 1. The summed E-state index contributed by atoms with van der Waals surface area (Å²) in [5, 5.41) is 2.81. The molecule has 216 valence electrons. The maximum absolute atomic E-state index is 13.6. The van der Waals surface area contributed by atoms with Crippen LogP contribution in [0.5, 0.6) is 0 Å². The number of carbonyl (C=O) groups is 3. The van der Waals surface area contributed by atoms with Crippen molar-refractivity contribution in [1.29, 1.82) is 0 Å². The van der Waals surface area contributed by atoms with Crippen molar-refractivity contribution in [2.24, 2.45) is 11.8 Å². The zero-order chi connectivity index (χ0) is 28.5. The number of rotatable bonds is 7. The van der Waals surface area contributed by atoms with Gasteiger partial charge in [0.25, 0.3) is 0 Å². The van der Waals surface area contributed by atoms with Gasteiger partial charge in [0, 0.05) is 26.2 Å². The molecule has 0 unspecified atom stereocenters. The van der Waals surface area contributed by atoms with E-state index in [1.165, 1.54) is 0 Å². The highest BCUT2D eigenvalue weighted by Gasteiger charge is 2.33. The minimum absolute atomic E-state index is 0.105. The van der Waals surface area contributed by atoms with Gasteiger partial charge in [0.2, 0.25) is 5.91 Å². The highest BCUT2D eigenvalue weighted by molar-refractivity contribution is 5.87. The predicted octanol–water partition coefficient (Wildman–Crippen LogP) is 5.93. The van der Waals surface area contributed by atoms with Gasteiger partial charge in [-0.25, -0.2) is 9.59 Å². The summed E-state index contributed by atoms with van der Waals surface area (Å²) in [6, 6.07) is 18.0. The molecule has 2 aliphatic heterocycles. The fourth-order valence-corrected chi connectivity index (χ4v) is 5.54. The first-order chi connectivity index (χ1) is 19.2. The van der Waals surface area contributed by atoms with Gasteiger partial charge in [0.05, 0.1) is 0 Å². The third kappa shape index (κ3) is 8.73. The lowest BCUT2D eigenvalue weighted by atomic mass is 9.82. The van der Waals surface area contributed by atoms with Gasteiger partial charge in [-0.1, -0.05) is 60.7 Å². The van der Waals surface area contributed by atoms with E-state index in [1.807, 2.05) is 91.2 Å². The Kier molecular flexibility index (Phi) is 10.1. The number of carbonyl (C=O) groups excluding carboxylic acids is 3. The SMILES string of the molecule is CC(C)(C)OC(=O)N1CCC(CC2CCN(C(=O)[C@H](NC(=O)OCc3ccccc3)c3ccccc3)CC2)CC1. The van der Waals surface area contributed by atoms with Crippen LogP contribution in [0.2, 0.25) is 0 Å². The molecule has 0 saturated carbocycles. The number of likely N-dealkylation sites (tertiary alicyclic amines) is 2. The summed E-state index contributed by atoms with van der Waals surface area (Å²) >= 11 is 0. The zero-order valence-corrected chi connectivity index (χ0v) is 24.0. The minimum atomic E-state index is -0.793. The average Bonchev–Trinajstić information content (AvgIpc) is 2.95. The number of amides is 3. The van der Waals surface area contributed by atoms with Gasteiger partial charge in [-0.15, -0.1) is 0 Å². The third-order valence-corrected chi connectivity index (χ3v) is 7.71. The molecule has 8 heteroatoms. The van der Waals surface area contributed by atoms with E-state index >= 15 is 0 Å². The van der Waals surface area contributed by atoms with Crippen LogP contribution in [-0.4, -0.2) is 59.7 Å². The van der Waals surface area contributed by atoms with Crippen molar-refractivity contribution in [3.8, 4) is 0 Å². The summed E-state index contributed by atoms with van der Waals surface area (Å²) in [6.45, 7) is 8.64. The lowest BCUT2D eigenvalue weighted by Crippen LogP contribution is -2.46. The largest absolute Gasteiger partial charge is 0.445 e. The van der Waals surface area contributed by atoms with Crippen LogP contribution in [0.4, 0.5) is 9.59 Å². The Bertz CT molecular complexity index is 1100. The first-order valence-electron chi connectivity index (χ1n) is 14.5. The van der Waals surface area contributed by atoms with E-state index in [9.17, 15) is 14.4 Å². The van der Waals surface area contributed by atoms with Crippen LogP contribution in [0.25, 0.3) is 0 Å². The van der Waals surface area contributed by atoms with E-state index in [0.717, 1.165) is 56.3 Å². The molecule has 4 rings (SSSR count). The van der Waals surface area contributed by atoms with Crippen molar-refractivity contribution in [2.75, 3.05) is 26.2 Å². The summed E-state index contributed by atoms with van der Waals surface area (Å²) < 4.78 is 10.9. The highest BCUT2D eigenvalue weighted by Crippen LogP contribution is 2.31. The van der Waals surface area contributed by atoms with Crippen molar-refractivity contribution in [3.63, 3.8) is 0 Å². The molecule has 0 aliphatic carbocycles. The zero-order valence-electron chi connectivity index (χ0n) is 24.0. The first kappa shape index (κ1) is 29.4. The summed E-state index contributed by atoms with van der Waals surface area (Å²) in [4.78, 5) is 42.3. The molecule has 2 aliphatic rings. The maximum atomic E-state index is 13.6. The Labute approximate surface area is 238 Å². The Morgan fingerprint density at radius 3 is 1.90 bits per heavy atom. The number of nitrogens with zero attached hydrogens (tertiary/aromatic N) is 2. The topological polar surface area (TPSA) is 88.2 Å². The molecule has 40 heavy (non-hydrogen) atoms. The van der Waals surface area contributed by atoms with E-state index in [2.05, 4.69) is 5.32 Å². The molecule has 3 amide bonds. The molecule has 2 aromatic carbocycles. The van der Waals surface area contributed by atoms with E-state index in [0.29, 0.717) is 24.9 Å². The van der Waals surface area contributed by atoms with Crippen molar-refractivity contribution in [2.45, 2.75) is 71.1 Å². The molecule has 0 radical (unpaired) electrons. The van der Waals surface area contributed by atoms with Crippen molar-refractivity contribution in [1.82, 2.24) is 15.1 Å².